The molecule has 0 unspecified atom stereocenters. The quantitative estimate of drug-likeness (QED) is 0.439. The average Bonchev–Trinajstić information content (AvgIpc) is 3.40. The SMILES string of the molecule is CNCc1cc(-c2ccc(OCc3cnn(C)c3)cc2F)n(S(=O)(=O)c2cccnc2)c1. The summed E-state index contributed by atoms with van der Waals surface area (Å²) < 4.78 is 50.0. The van der Waals surface area contributed by atoms with Gasteiger partial charge in [0, 0.05) is 55.6 Å². The van der Waals surface area contributed by atoms with Gasteiger partial charge in [-0.15, -0.1) is 0 Å². The Balaban J connectivity index is 1.69. The summed E-state index contributed by atoms with van der Waals surface area (Å²) in [5.74, 6) is -0.260. The molecule has 0 aliphatic rings. The first-order valence-corrected chi connectivity index (χ1v) is 11.2. The van der Waals surface area contributed by atoms with Crippen molar-refractivity contribution in [1.29, 1.82) is 0 Å². The van der Waals surface area contributed by atoms with E-state index in [0.717, 1.165) is 9.54 Å². The van der Waals surface area contributed by atoms with Gasteiger partial charge in [0.05, 0.1) is 11.9 Å². The maximum atomic E-state index is 15.1. The fraction of sp³-hybridized carbons (Fsp3) is 0.182. The number of nitrogens with one attached hydrogen (secondary N) is 1. The molecule has 0 bridgehead atoms. The normalized spacial score (nSPS) is 11.6. The lowest BCUT2D eigenvalue weighted by Gasteiger charge is -2.12. The fourth-order valence-corrected chi connectivity index (χ4v) is 4.67. The van der Waals surface area contributed by atoms with Crippen LogP contribution in [0.1, 0.15) is 11.1 Å². The maximum Gasteiger partial charge on any atom is 0.269 e. The number of ether oxygens (including phenoxy) is 1. The van der Waals surface area contributed by atoms with Crippen molar-refractivity contribution in [3.05, 3.63) is 84.3 Å². The standard InChI is InChI=1S/C22H22FN5O3S/c1-24-10-16-8-22(28(14-16)32(29,30)19-4-3-7-25-12-19)20-6-5-18(9-21(20)23)31-15-17-11-26-27(2)13-17/h3-9,11-14,24H,10,15H2,1-2H3. The van der Waals surface area contributed by atoms with E-state index in [9.17, 15) is 8.42 Å². The van der Waals surface area contributed by atoms with Gasteiger partial charge in [0.15, 0.2) is 0 Å². The Kier molecular flexibility index (Phi) is 6.06. The minimum absolute atomic E-state index is 0.0182. The van der Waals surface area contributed by atoms with Crippen LogP contribution in [0.25, 0.3) is 11.3 Å². The van der Waals surface area contributed by atoms with Gasteiger partial charge >= 0.3 is 0 Å². The van der Waals surface area contributed by atoms with Crippen molar-refractivity contribution in [1.82, 2.24) is 24.1 Å². The lowest BCUT2D eigenvalue weighted by Crippen LogP contribution is -2.14. The van der Waals surface area contributed by atoms with Crippen LogP contribution in [0.2, 0.25) is 0 Å². The molecule has 32 heavy (non-hydrogen) atoms. The monoisotopic (exact) mass is 455 g/mol. The molecule has 0 spiro atoms. The summed E-state index contributed by atoms with van der Waals surface area (Å²) in [5.41, 5.74) is 1.92. The molecule has 1 aromatic carbocycles. The second-order valence-corrected chi connectivity index (χ2v) is 9.02. The zero-order valence-electron chi connectivity index (χ0n) is 17.6. The van der Waals surface area contributed by atoms with Crippen molar-refractivity contribution in [2.75, 3.05) is 7.05 Å². The van der Waals surface area contributed by atoms with Gasteiger partial charge in [-0.1, -0.05) is 0 Å². The first kappa shape index (κ1) is 21.7. The van der Waals surface area contributed by atoms with Crippen LogP contribution in [-0.2, 0) is 30.2 Å². The molecule has 0 amide bonds. The zero-order valence-corrected chi connectivity index (χ0v) is 18.4. The summed E-state index contributed by atoms with van der Waals surface area (Å²) in [6.45, 7) is 0.668. The molecule has 4 aromatic rings. The van der Waals surface area contributed by atoms with Crippen LogP contribution in [0.15, 0.2) is 72.3 Å². The van der Waals surface area contributed by atoms with E-state index in [-0.39, 0.29) is 22.8 Å². The van der Waals surface area contributed by atoms with Crippen molar-refractivity contribution in [2.45, 2.75) is 18.0 Å². The van der Waals surface area contributed by atoms with Gasteiger partial charge in [-0.3, -0.25) is 9.67 Å². The summed E-state index contributed by atoms with van der Waals surface area (Å²) in [4.78, 5) is 3.91. The van der Waals surface area contributed by atoms with Crippen LogP contribution >= 0.6 is 0 Å². The summed E-state index contributed by atoms with van der Waals surface area (Å²) in [6, 6.07) is 9.02. The van der Waals surface area contributed by atoms with E-state index in [0.29, 0.717) is 17.9 Å². The first-order valence-electron chi connectivity index (χ1n) is 9.80. The van der Waals surface area contributed by atoms with Gasteiger partial charge < -0.3 is 10.1 Å². The van der Waals surface area contributed by atoms with Crippen molar-refractivity contribution in [3.63, 3.8) is 0 Å². The number of pyridine rings is 1. The Morgan fingerprint density at radius 2 is 1.97 bits per heavy atom. The van der Waals surface area contributed by atoms with Gasteiger partial charge in [0.2, 0.25) is 0 Å². The van der Waals surface area contributed by atoms with Crippen LogP contribution in [0.4, 0.5) is 4.39 Å². The van der Waals surface area contributed by atoms with E-state index in [4.69, 9.17) is 4.74 Å². The average molecular weight is 456 g/mol. The van der Waals surface area contributed by atoms with E-state index in [1.54, 1.807) is 43.2 Å². The lowest BCUT2D eigenvalue weighted by atomic mass is 10.1. The molecule has 0 saturated carbocycles. The first-order chi connectivity index (χ1) is 15.4. The largest absolute Gasteiger partial charge is 0.489 e. The number of rotatable bonds is 8. The number of benzene rings is 1. The van der Waals surface area contributed by atoms with E-state index in [1.807, 2.05) is 6.20 Å². The Hall–Kier alpha value is -3.50. The van der Waals surface area contributed by atoms with Gasteiger partial charge in [-0.2, -0.15) is 5.10 Å². The van der Waals surface area contributed by atoms with E-state index < -0.39 is 15.8 Å². The Bertz CT molecular complexity index is 1330. The van der Waals surface area contributed by atoms with Crippen molar-refractivity contribution in [3.8, 4) is 17.0 Å². The molecule has 3 heterocycles. The van der Waals surface area contributed by atoms with Gasteiger partial charge in [0.25, 0.3) is 10.0 Å². The van der Waals surface area contributed by atoms with Crippen molar-refractivity contribution < 1.29 is 17.5 Å². The third-order valence-corrected chi connectivity index (χ3v) is 6.45. The lowest BCUT2D eigenvalue weighted by molar-refractivity contribution is 0.304. The van der Waals surface area contributed by atoms with Crippen molar-refractivity contribution >= 4 is 10.0 Å². The number of hydrogen-bond donors (Lipinski definition) is 1. The number of aryl methyl sites for hydroxylation is 1. The topological polar surface area (TPSA) is 91.0 Å². The Morgan fingerprint density at radius 3 is 2.62 bits per heavy atom. The molecule has 0 aliphatic heterocycles. The summed E-state index contributed by atoms with van der Waals surface area (Å²) >= 11 is 0. The predicted octanol–water partition coefficient (Wildman–Crippen LogP) is 2.96. The Morgan fingerprint density at radius 1 is 1.12 bits per heavy atom. The minimum atomic E-state index is -3.97. The van der Waals surface area contributed by atoms with Gasteiger partial charge in [-0.05, 0) is 42.9 Å². The number of hydrogen-bond acceptors (Lipinski definition) is 6. The summed E-state index contributed by atoms with van der Waals surface area (Å²) in [7, 11) is -0.415. The van der Waals surface area contributed by atoms with Crippen LogP contribution in [0.5, 0.6) is 5.75 Å². The molecule has 0 aliphatic carbocycles. The molecule has 1 N–H and O–H groups in total. The molecule has 166 valence electrons. The van der Waals surface area contributed by atoms with Crippen LogP contribution in [0.3, 0.4) is 0 Å². The van der Waals surface area contributed by atoms with E-state index >= 15 is 4.39 Å². The van der Waals surface area contributed by atoms with Crippen LogP contribution in [-0.4, -0.2) is 34.2 Å². The third-order valence-electron chi connectivity index (χ3n) is 4.80. The molecule has 10 heteroatoms. The fourth-order valence-electron chi connectivity index (χ4n) is 3.31. The predicted molar refractivity (Wildman–Crippen MR) is 117 cm³/mol. The summed E-state index contributed by atoms with van der Waals surface area (Å²) in [5, 5.41) is 7.05. The number of nitrogens with zero attached hydrogens (tertiary/aromatic N) is 4. The summed E-state index contributed by atoms with van der Waals surface area (Å²) in [6.07, 6.45) is 7.73. The molecule has 0 fully saturated rings. The molecule has 0 saturated heterocycles. The second-order valence-electron chi connectivity index (χ2n) is 7.21. The zero-order chi connectivity index (χ0) is 22.7. The molecule has 4 rings (SSSR count). The van der Waals surface area contributed by atoms with Crippen molar-refractivity contribution in [2.24, 2.45) is 7.05 Å². The van der Waals surface area contributed by atoms with Crippen LogP contribution in [0, 0.1) is 5.82 Å². The van der Waals surface area contributed by atoms with E-state index in [1.165, 1.54) is 36.8 Å². The highest BCUT2D eigenvalue weighted by atomic mass is 32.2. The molecule has 8 nitrogen and oxygen atoms in total. The number of aromatic nitrogens is 4. The highest BCUT2D eigenvalue weighted by molar-refractivity contribution is 7.90. The van der Waals surface area contributed by atoms with Gasteiger partial charge in [-0.25, -0.2) is 16.8 Å². The maximum absolute atomic E-state index is 15.1. The highest BCUT2D eigenvalue weighted by Gasteiger charge is 2.23. The van der Waals surface area contributed by atoms with E-state index in [2.05, 4.69) is 15.4 Å². The third kappa shape index (κ3) is 4.41. The Labute approximate surface area is 185 Å². The minimum Gasteiger partial charge on any atom is -0.489 e. The smallest absolute Gasteiger partial charge is 0.269 e. The van der Waals surface area contributed by atoms with Gasteiger partial charge in [0.1, 0.15) is 23.1 Å². The van der Waals surface area contributed by atoms with Crippen LogP contribution < -0.4 is 10.1 Å². The molecule has 0 atom stereocenters. The second kappa shape index (κ2) is 8.93. The highest BCUT2D eigenvalue weighted by Crippen LogP contribution is 2.31. The molecular formula is C22H22FN5O3S. The molecule has 3 aromatic heterocycles. The number of halogens is 1. The molecule has 0 radical (unpaired) electrons. The molecular weight excluding hydrogens is 433 g/mol.